The molecule has 5 atom stereocenters. The fraction of sp³-hybridized carbons (Fsp3) is 0.833. The standard InChI is InChI=1S/C18H26O2/c1-18-9-8-14-13-5-3-12(19)10-11(13)2-4-15(14)16(18)6-7-17(18)20/h14-17,20H,2-10H2,1H3/t14-,15?,16+,17?,18?/m1/s1. The summed E-state index contributed by atoms with van der Waals surface area (Å²) < 4.78 is 0. The van der Waals surface area contributed by atoms with Crippen LogP contribution in [-0.4, -0.2) is 17.0 Å². The smallest absolute Gasteiger partial charge is 0.137 e. The lowest BCUT2D eigenvalue weighted by atomic mass is 9.54. The van der Waals surface area contributed by atoms with Crippen LogP contribution in [-0.2, 0) is 4.79 Å². The van der Waals surface area contributed by atoms with Crippen LogP contribution >= 0.6 is 0 Å². The molecule has 4 rings (SSSR count). The first-order valence-corrected chi connectivity index (χ1v) is 8.50. The molecule has 0 amide bonds. The minimum atomic E-state index is -0.0724. The maximum atomic E-state index is 11.7. The van der Waals surface area contributed by atoms with Gasteiger partial charge in [0.25, 0.3) is 0 Å². The van der Waals surface area contributed by atoms with Crippen LogP contribution in [0.15, 0.2) is 11.1 Å². The van der Waals surface area contributed by atoms with E-state index >= 15 is 0 Å². The molecule has 20 heavy (non-hydrogen) atoms. The van der Waals surface area contributed by atoms with Gasteiger partial charge in [0.05, 0.1) is 6.10 Å². The zero-order valence-electron chi connectivity index (χ0n) is 12.5. The zero-order valence-corrected chi connectivity index (χ0v) is 12.5. The minimum absolute atomic E-state index is 0.0724. The van der Waals surface area contributed by atoms with Crippen LogP contribution in [0.3, 0.4) is 0 Å². The molecular weight excluding hydrogens is 248 g/mol. The van der Waals surface area contributed by atoms with E-state index in [2.05, 4.69) is 6.92 Å². The van der Waals surface area contributed by atoms with Crippen molar-refractivity contribution in [3.63, 3.8) is 0 Å². The van der Waals surface area contributed by atoms with E-state index in [1.807, 2.05) is 0 Å². The van der Waals surface area contributed by atoms with E-state index in [0.29, 0.717) is 5.78 Å². The summed E-state index contributed by atoms with van der Waals surface area (Å²) in [6.07, 6.45) is 9.60. The summed E-state index contributed by atoms with van der Waals surface area (Å²) in [4.78, 5) is 11.7. The van der Waals surface area contributed by atoms with E-state index in [9.17, 15) is 9.90 Å². The fourth-order valence-electron chi connectivity index (χ4n) is 6.02. The largest absolute Gasteiger partial charge is 0.393 e. The number of carbonyl (C=O) groups is 1. The Kier molecular flexibility index (Phi) is 2.89. The van der Waals surface area contributed by atoms with E-state index in [1.165, 1.54) is 31.3 Å². The lowest BCUT2D eigenvalue weighted by Gasteiger charge is -2.51. The van der Waals surface area contributed by atoms with Crippen molar-refractivity contribution in [3.8, 4) is 0 Å². The highest BCUT2D eigenvalue weighted by molar-refractivity contribution is 5.82. The predicted molar refractivity (Wildman–Crippen MR) is 78.2 cm³/mol. The Morgan fingerprint density at radius 2 is 1.95 bits per heavy atom. The highest BCUT2D eigenvalue weighted by Crippen LogP contribution is 2.60. The molecule has 2 heteroatoms. The Hall–Kier alpha value is -0.630. The van der Waals surface area contributed by atoms with Crippen LogP contribution in [0.1, 0.15) is 64.7 Å². The molecule has 4 aliphatic rings. The van der Waals surface area contributed by atoms with Crippen molar-refractivity contribution in [1.82, 2.24) is 0 Å². The van der Waals surface area contributed by atoms with Gasteiger partial charge in [0.2, 0.25) is 0 Å². The number of hydrogen-bond donors (Lipinski definition) is 1. The molecule has 0 aromatic rings. The summed E-state index contributed by atoms with van der Waals surface area (Å²) in [6.45, 7) is 2.33. The normalized spacial score (nSPS) is 47.8. The minimum Gasteiger partial charge on any atom is -0.393 e. The quantitative estimate of drug-likeness (QED) is 0.685. The van der Waals surface area contributed by atoms with Crippen molar-refractivity contribution in [2.24, 2.45) is 23.2 Å². The van der Waals surface area contributed by atoms with Gasteiger partial charge in [-0.2, -0.15) is 0 Å². The number of rotatable bonds is 0. The molecule has 0 aromatic carbocycles. The van der Waals surface area contributed by atoms with Crippen molar-refractivity contribution in [2.45, 2.75) is 70.8 Å². The topological polar surface area (TPSA) is 37.3 Å². The SMILES string of the molecule is CC12CC[C@@H]3C4=C(CCC3[C@@H]1CCC2O)CC(=O)CC4. The highest BCUT2D eigenvalue weighted by atomic mass is 16.3. The van der Waals surface area contributed by atoms with Gasteiger partial charge in [0.15, 0.2) is 0 Å². The zero-order chi connectivity index (χ0) is 13.9. The Morgan fingerprint density at radius 1 is 1.10 bits per heavy atom. The Labute approximate surface area is 121 Å². The number of ketones is 1. The summed E-state index contributed by atoms with van der Waals surface area (Å²) in [6, 6.07) is 0. The molecule has 0 aliphatic heterocycles. The number of carbonyl (C=O) groups excluding carboxylic acids is 1. The number of aliphatic hydroxyl groups excluding tert-OH is 1. The molecule has 0 heterocycles. The van der Waals surface area contributed by atoms with Gasteiger partial charge in [-0.3, -0.25) is 4.79 Å². The van der Waals surface area contributed by atoms with Crippen LogP contribution < -0.4 is 0 Å². The van der Waals surface area contributed by atoms with Crippen LogP contribution in [0.2, 0.25) is 0 Å². The van der Waals surface area contributed by atoms with Gasteiger partial charge in [0, 0.05) is 12.8 Å². The van der Waals surface area contributed by atoms with Gasteiger partial charge in [0.1, 0.15) is 5.78 Å². The van der Waals surface area contributed by atoms with Gasteiger partial charge in [-0.15, -0.1) is 0 Å². The van der Waals surface area contributed by atoms with E-state index in [0.717, 1.165) is 49.9 Å². The molecule has 3 unspecified atom stereocenters. The third-order valence-electron chi connectivity index (χ3n) is 7.15. The third-order valence-corrected chi connectivity index (χ3v) is 7.15. The lowest BCUT2D eigenvalue weighted by molar-refractivity contribution is -0.119. The number of hydrogen-bond acceptors (Lipinski definition) is 2. The molecule has 0 radical (unpaired) electrons. The molecule has 2 saturated carbocycles. The average molecular weight is 274 g/mol. The Bertz CT molecular complexity index is 478. The Morgan fingerprint density at radius 3 is 2.80 bits per heavy atom. The van der Waals surface area contributed by atoms with E-state index in [4.69, 9.17) is 0 Å². The van der Waals surface area contributed by atoms with Crippen molar-refractivity contribution < 1.29 is 9.90 Å². The van der Waals surface area contributed by atoms with Gasteiger partial charge in [-0.25, -0.2) is 0 Å². The molecule has 4 aliphatic carbocycles. The van der Waals surface area contributed by atoms with Crippen LogP contribution in [0.5, 0.6) is 0 Å². The van der Waals surface area contributed by atoms with Crippen LogP contribution in [0.4, 0.5) is 0 Å². The summed E-state index contributed by atoms with van der Waals surface area (Å²) in [5.74, 6) is 2.72. The number of allylic oxidation sites excluding steroid dienone is 2. The molecule has 0 aromatic heterocycles. The molecule has 2 fully saturated rings. The molecule has 0 bridgehead atoms. The van der Waals surface area contributed by atoms with Crippen LogP contribution in [0, 0.1) is 23.2 Å². The van der Waals surface area contributed by atoms with Gasteiger partial charge >= 0.3 is 0 Å². The maximum Gasteiger partial charge on any atom is 0.137 e. The van der Waals surface area contributed by atoms with E-state index < -0.39 is 0 Å². The van der Waals surface area contributed by atoms with Crippen molar-refractivity contribution in [2.75, 3.05) is 0 Å². The average Bonchev–Trinajstić information content (AvgIpc) is 2.74. The summed E-state index contributed by atoms with van der Waals surface area (Å²) in [5.41, 5.74) is 3.36. The predicted octanol–water partition coefficient (Wildman–Crippen LogP) is 3.63. The van der Waals surface area contributed by atoms with Gasteiger partial charge < -0.3 is 5.11 Å². The Balaban J connectivity index is 1.65. The summed E-state index contributed by atoms with van der Waals surface area (Å²) >= 11 is 0. The molecule has 0 spiro atoms. The second kappa shape index (κ2) is 4.43. The van der Waals surface area contributed by atoms with Gasteiger partial charge in [-0.05, 0) is 68.1 Å². The molecule has 1 N–H and O–H groups in total. The van der Waals surface area contributed by atoms with Gasteiger partial charge in [-0.1, -0.05) is 18.1 Å². The summed E-state index contributed by atoms with van der Waals surface area (Å²) in [5, 5.41) is 10.4. The van der Waals surface area contributed by atoms with Crippen molar-refractivity contribution in [3.05, 3.63) is 11.1 Å². The first-order chi connectivity index (χ1) is 9.59. The molecular formula is C18H26O2. The van der Waals surface area contributed by atoms with E-state index in [1.54, 1.807) is 5.57 Å². The third kappa shape index (κ3) is 1.70. The fourth-order valence-corrected chi connectivity index (χ4v) is 6.02. The van der Waals surface area contributed by atoms with E-state index in [-0.39, 0.29) is 11.5 Å². The second-order valence-corrected chi connectivity index (χ2v) is 7.90. The number of fused-ring (bicyclic) bond motifs is 4. The van der Waals surface area contributed by atoms with Crippen molar-refractivity contribution >= 4 is 5.78 Å². The highest BCUT2D eigenvalue weighted by Gasteiger charge is 2.54. The summed E-state index contributed by atoms with van der Waals surface area (Å²) in [7, 11) is 0. The molecule has 0 saturated heterocycles. The first kappa shape index (κ1) is 13.1. The molecule has 110 valence electrons. The second-order valence-electron chi connectivity index (χ2n) is 7.90. The monoisotopic (exact) mass is 274 g/mol. The number of Topliss-reactive ketones (excluding diaryl/α,β-unsaturated/α-hetero) is 1. The molecule has 2 nitrogen and oxygen atoms in total. The number of aliphatic hydroxyl groups is 1. The maximum absolute atomic E-state index is 11.7. The van der Waals surface area contributed by atoms with Crippen LogP contribution in [0.25, 0.3) is 0 Å². The lowest BCUT2D eigenvalue weighted by Crippen LogP contribution is -2.45. The van der Waals surface area contributed by atoms with Crippen molar-refractivity contribution in [1.29, 1.82) is 0 Å². The first-order valence-electron chi connectivity index (χ1n) is 8.50.